The molecule has 0 bridgehead atoms. The number of furan rings is 1. The number of carbonyl (C=O) groups excluding carboxylic acids is 1. The number of benzene rings is 2. The Labute approximate surface area is 224 Å². The van der Waals surface area contributed by atoms with Gasteiger partial charge in [0.15, 0.2) is 0 Å². The summed E-state index contributed by atoms with van der Waals surface area (Å²) < 4.78 is 16.8. The Morgan fingerprint density at radius 2 is 1.79 bits per heavy atom. The summed E-state index contributed by atoms with van der Waals surface area (Å²) in [6.45, 7) is 8.15. The maximum atomic E-state index is 12.3. The molecule has 0 atom stereocenters. The highest BCUT2D eigenvalue weighted by Gasteiger charge is 2.26. The lowest BCUT2D eigenvalue weighted by Gasteiger charge is -2.36. The third-order valence-corrected chi connectivity index (χ3v) is 5.94. The van der Waals surface area contributed by atoms with Gasteiger partial charge in [0.25, 0.3) is 11.6 Å². The molecule has 3 heterocycles. The van der Waals surface area contributed by atoms with Crippen LogP contribution in [-0.2, 0) is 4.74 Å². The molecule has 5 rings (SSSR count). The van der Waals surface area contributed by atoms with Crippen molar-refractivity contribution in [3.05, 3.63) is 71.0 Å². The Morgan fingerprint density at radius 1 is 1.05 bits per heavy atom. The molecule has 12 nitrogen and oxygen atoms in total. The first-order valence-electron chi connectivity index (χ1n) is 12.4. The molecule has 1 amide bonds. The van der Waals surface area contributed by atoms with Gasteiger partial charge >= 0.3 is 6.09 Å². The van der Waals surface area contributed by atoms with E-state index >= 15 is 0 Å². The zero-order valence-corrected chi connectivity index (χ0v) is 21.8. The highest BCUT2D eigenvalue weighted by Crippen LogP contribution is 2.31. The minimum atomic E-state index is -0.516. The van der Waals surface area contributed by atoms with Gasteiger partial charge in [0.05, 0.1) is 17.3 Å². The number of rotatable bonds is 6. The predicted molar refractivity (Wildman–Crippen MR) is 145 cm³/mol. The molecule has 1 aliphatic rings. The lowest BCUT2D eigenvalue weighted by molar-refractivity contribution is -0.384. The van der Waals surface area contributed by atoms with Crippen LogP contribution in [0.2, 0.25) is 0 Å². The number of anilines is 3. The molecule has 12 heteroatoms. The summed E-state index contributed by atoms with van der Waals surface area (Å²) in [6, 6.07) is 15.3. The molecule has 1 saturated heterocycles. The molecule has 0 unspecified atom stereocenters. The highest BCUT2D eigenvalue weighted by molar-refractivity contribution is 5.79. The minimum absolute atomic E-state index is 0.0954. The van der Waals surface area contributed by atoms with Crippen molar-refractivity contribution in [3.63, 3.8) is 0 Å². The minimum Gasteiger partial charge on any atom is -0.457 e. The van der Waals surface area contributed by atoms with Crippen LogP contribution in [0.15, 0.2) is 65.3 Å². The first kappa shape index (κ1) is 25.8. The van der Waals surface area contributed by atoms with E-state index in [9.17, 15) is 14.9 Å². The van der Waals surface area contributed by atoms with Crippen molar-refractivity contribution in [1.82, 2.24) is 14.9 Å². The maximum absolute atomic E-state index is 12.3. The van der Waals surface area contributed by atoms with Crippen molar-refractivity contribution < 1.29 is 23.6 Å². The molecule has 0 spiro atoms. The van der Waals surface area contributed by atoms with Gasteiger partial charge in [-0.25, -0.2) is 9.78 Å². The van der Waals surface area contributed by atoms with E-state index in [1.54, 1.807) is 17.0 Å². The van der Waals surface area contributed by atoms with E-state index in [0.717, 1.165) is 11.4 Å². The number of non-ortho nitro benzene ring substituents is 1. The molecule has 4 aromatic rings. The summed E-state index contributed by atoms with van der Waals surface area (Å²) in [6.07, 6.45) is 1.19. The van der Waals surface area contributed by atoms with Gasteiger partial charge in [-0.05, 0) is 51.1 Å². The summed E-state index contributed by atoms with van der Waals surface area (Å²) in [5.74, 6) is 0.665. The molecule has 39 heavy (non-hydrogen) atoms. The number of nitrogens with zero attached hydrogens (tertiary/aromatic N) is 5. The second-order valence-corrected chi connectivity index (χ2v) is 9.97. The molecular weight excluding hydrogens is 504 g/mol. The molecule has 1 aliphatic heterocycles. The molecule has 0 saturated carbocycles. The summed E-state index contributed by atoms with van der Waals surface area (Å²) >= 11 is 0. The largest absolute Gasteiger partial charge is 0.457 e. The predicted octanol–water partition coefficient (Wildman–Crippen LogP) is 5.72. The van der Waals surface area contributed by atoms with Crippen LogP contribution >= 0.6 is 0 Å². The van der Waals surface area contributed by atoms with Crippen LogP contribution in [-0.4, -0.2) is 57.7 Å². The monoisotopic (exact) mass is 532 g/mol. The normalized spacial score (nSPS) is 13.8. The lowest BCUT2D eigenvalue weighted by atomic mass is 10.2. The summed E-state index contributed by atoms with van der Waals surface area (Å²) in [4.78, 5) is 35.8. The molecule has 1 fully saturated rings. The van der Waals surface area contributed by atoms with Crippen LogP contribution in [0.1, 0.15) is 20.8 Å². The quantitative estimate of drug-likeness (QED) is 0.242. The van der Waals surface area contributed by atoms with E-state index in [1.165, 1.54) is 24.5 Å². The Bertz CT molecular complexity index is 1490. The van der Waals surface area contributed by atoms with Gasteiger partial charge in [0, 0.05) is 49.7 Å². The number of hydrogen-bond acceptors (Lipinski definition) is 10. The third kappa shape index (κ3) is 6.17. The average molecular weight is 533 g/mol. The number of hydrogen-bond donors (Lipinski definition) is 1. The number of nitrogens with one attached hydrogen (secondary N) is 1. The van der Waals surface area contributed by atoms with Crippen molar-refractivity contribution in [2.24, 2.45) is 0 Å². The SMILES string of the molecule is CC(C)(C)OC(=O)N1CCN(c2ccc(Nc3nc(Oc4cccc([N+](=O)[O-])c4)c4occc4n3)cc2)CC1. The van der Waals surface area contributed by atoms with Gasteiger partial charge in [-0.3, -0.25) is 10.1 Å². The number of ether oxygens (including phenoxy) is 2. The number of aromatic nitrogens is 2. The number of nitro benzene ring substituents is 1. The van der Waals surface area contributed by atoms with Crippen LogP contribution in [0.3, 0.4) is 0 Å². The van der Waals surface area contributed by atoms with Gasteiger partial charge in [-0.1, -0.05) is 6.07 Å². The van der Waals surface area contributed by atoms with Crippen LogP contribution in [0, 0.1) is 10.1 Å². The molecule has 202 valence electrons. The lowest BCUT2D eigenvalue weighted by Crippen LogP contribution is -2.50. The van der Waals surface area contributed by atoms with E-state index in [2.05, 4.69) is 20.2 Å². The van der Waals surface area contributed by atoms with E-state index < -0.39 is 10.5 Å². The van der Waals surface area contributed by atoms with Crippen LogP contribution < -0.4 is 15.0 Å². The zero-order valence-electron chi connectivity index (χ0n) is 21.8. The molecule has 2 aromatic carbocycles. The Kier molecular flexibility index (Phi) is 6.92. The molecular formula is C27H28N6O6. The van der Waals surface area contributed by atoms with Crippen LogP contribution in [0.4, 0.5) is 27.8 Å². The Morgan fingerprint density at radius 3 is 2.49 bits per heavy atom. The molecule has 0 aliphatic carbocycles. The van der Waals surface area contributed by atoms with Crippen LogP contribution in [0.5, 0.6) is 11.6 Å². The zero-order chi connectivity index (χ0) is 27.6. The van der Waals surface area contributed by atoms with E-state index in [1.807, 2.05) is 45.0 Å². The summed E-state index contributed by atoms with van der Waals surface area (Å²) in [5.41, 5.74) is 2.03. The number of fused-ring (bicyclic) bond motifs is 1. The number of amides is 1. The second-order valence-electron chi connectivity index (χ2n) is 9.97. The topological polar surface area (TPSA) is 136 Å². The number of carbonyl (C=O) groups is 1. The number of piperazine rings is 1. The fraction of sp³-hybridized carbons (Fsp3) is 0.296. The molecule has 1 N–H and O–H groups in total. The molecule has 0 radical (unpaired) electrons. The maximum Gasteiger partial charge on any atom is 0.410 e. The van der Waals surface area contributed by atoms with Gasteiger partial charge in [0.2, 0.25) is 11.5 Å². The van der Waals surface area contributed by atoms with Gasteiger partial charge < -0.3 is 29.0 Å². The van der Waals surface area contributed by atoms with Crippen molar-refractivity contribution in [3.8, 4) is 11.6 Å². The first-order chi connectivity index (χ1) is 18.6. The van der Waals surface area contributed by atoms with E-state index in [-0.39, 0.29) is 29.4 Å². The van der Waals surface area contributed by atoms with Gasteiger partial charge in [-0.2, -0.15) is 4.98 Å². The van der Waals surface area contributed by atoms with Gasteiger partial charge in [0.1, 0.15) is 16.9 Å². The van der Waals surface area contributed by atoms with Gasteiger partial charge in [-0.15, -0.1) is 0 Å². The van der Waals surface area contributed by atoms with Crippen molar-refractivity contribution in [2.45, 2.75) is 26.4 Å². The fourth-order valence-corrected chi connectivity index (χ4v) is 4.09. The Hall–Kier alpha value is -4.87. The average Bonchev–Trinajstić information content (AvgIpc) is 3.38. The van der Waals surface area contributed by atoms with E-state index in [4.69, 9.17) is 13.9 Å². The van der Waals surface area contributed by atoms with Crippen LogP contribution in [0.25, 0.3) is 11.1 Å². The smallest absolute Gasteiger partial charge is 0.410 e. The van der Waals surface area contributed by atoms with Crippen molar-refractivity contribution in [1.29, 1.82) is 0 Å². The van der Waals surface area contributed by atoms with E-state index in [0.29, 0.717) is 37.3 Å². The van der Waals surface area contributed by atoms with Crippen molar-refractivity contribution >= 4 is 40.2 Å². The second kappa shape index (κ2) is 10.5. The van der Waals surface area contributed by atoms with Crippen molar-refractivity contribution in [2.75, 3.05) is 36.4 Å². The Balaban J connectivity index is 1.26. The highest BCUT2D eigenvalue weighted by atomic mass is 16.6. The fourth-order valence-electron chi connectivity index (χ4n) is 4.09. The standard InChI is InChI=1S/C27H28N6O6/c1-27(2,3)39-26(34)32-14-12-31(13-15-32)19-9-7-18(8-10-19)28-25-29-22-11-16-37-23(22)24(30-25)38-21-6-4-5-20(17-21)33(35)36/h4-11,16-17H,12-15H2,1-3H3,(H,28,29,30). The summed E-state index contributed by atoms with van der Waals surface area (Å²) in [5, 5.41) is 14.3. The summed E-state index contributed by atoms with van der Waals surface area (Å²) in [7, 11) is 0. The first-order valence-corrected chi connectivity index (χ1v) is 12.4. The number of nitro groups is 1. The molecule has 2 aromatic heterocycles. The third-order valence-electron chi connectivity index (χ3n) is 5.94.